The third-order valence-corrected chi connectivity index (χ3v) is 8.71. The van der Waals surface area contributed by atoms with Gasteiger partial charge < -0.3 is 4.90 Å². The molecular formula is C34H36Cl2N6. The molecule has 2 aromatic heterocycles. The molecule has 1 aliphatic heterocycles. The number of alkyl halides is 1. The summed E-state index contributed by atoms with van der Waals surface area (Å²) >= 11 is 12.6. The number of piperazine rings is 1. The summed E-state index contributed by atoms with van der Waals surface area (Å²) in [6, 6.07) is 22.8. The Morgan fingerprint density at radius 1 is 0.952 bits per heavy atom. The predicted octanol–water partition coefficient (Wildman–Crippen LogP) is 6.71. The fraction of sp³-hybridized carbons (Fsp3) is 0.324. The van der Waals surface area contributed by atoms with E-state index in [1.807, 2.05) is 36.5 Å². The summed E-state index contributed by atoms with van der Waals surface area (Å²) in [5, 5.41) is 1.90. The van der Waals surface area contributed by atoms with Crippen molar-refractivity contribution in [3.05, 3.63) is 119 Å². The summed E-state index contributed by atoms with van der Waals surface area (Å²) in [5.41, 5.74) is 4.63. The smallest absolute Gasteiger partial charge is 0.145 e. The number of anilines is 1. The number of likely N-dealkylation sites (N-methyl/N-ethyl adjacent to an activating group) is 1. The number of aromatic nitrogens is 3. The van der Waals surface area contributed by atoms with Crippen LogP contribution in [0.15, 0.2) is 96.7 Å². The molecule has 6 rings (SSSR count). The summed E-state index contributed by atoms with van der Waals surface area (Å²) in [6.45, 7) is 5.35. The number of rotatable bonds is 9. The molecule has 2 aromatic carbocycles. The minimum Gasteiger partial charge on any atom is -0.359 e. The van der Waals surface area contributed by atoms with Crippen molar-refractivity contribution in [2.75, 3.05) is 44.7 Å². The molecule has 0 amide bonds. The lowest BCUT2D eigenvalue weighted by molar-refractivity contribution is 0.103. The Bertz CT molecular complexity index is 1550. The largest absolute Gasteiger partial charge is 0.359 e. The number of fused-ring (bicyclic) bond motifs is 1. The van der Waals surface area contributed by atoms with E-state index in [9.17, 15) is 0 Å². The van der Waals surface area contributed by atoms with Crippen molar-refractivity contribution in [3.8, 4) is 0 Å². The van der Waals surface area contributed by atoms with Gasteiger partial charge in [0.25, 0.3) is 0 Å². The standard InChI is InChI=1S/C34H36Cl2N6/c1-40(19-17-29-6-4-5-18-37-29)34-30-7-2-3-8-31(30)38-32(39-34)24-41-20-22-42(23-21-41)33(25-9-13-27(35)14-10-25)26-11-15-28(36)16-12-26/h2-15,18,28,33H,16-17,19-24H2,1H3. The van der Waals surface area contributed by atoms with E-state index in [2.05, 4.69) is 81.4 Å². The predicted molar refractivity (Wildman–Crippen MR) is 173 cm³/mol. The number of hydrogen-bond donors (Lipinski definition) is 0. The van der Waals surface area contributed by atoms with E-state index in [0.717, 1.165) is 85.4 Å². The summed E-state index contributed by atoms with van der Waals surface area (Å²) < 4.78 is 0. The molecule has 0 saturated carbocycles. The maximum atomic E-state index is 6.36. The van der Waals surface area contributed by atoms with Gasteiger partial charge in [0, 0.05) is 68.5 Å². The first-order chi connectivity index (χ1) is 20.5. The first-order valence-electron chi connectivity index (χ1n) is 14.6. The third-order valence-electron chi connectivity index (χ3n) is 8.14. The molecule has 3 heterocycles. The van der Waals surface area contributed by atoms with Crippen molar-refractivity contribution >= 4 is 39.9 Å². The van der Waals surface area contributed by atoms with Gasteiger partial charge in [-0.1, -0.05) is 60.2 Å². The van der Waals surface area contributed by atoms with Gasteiger partial charge in [0.1, 0.15) is 11.6 Å². The molecule has 216 valence electrons. The topological polar surface area (TPSA) is 48.4 Å². The fourth-order valence-corrected chi connectivity index (χ4v) is 6.14. The van der Waals surface area contributed by atoms with E-state index in [1.165, 1.54) is 11.1 Å². The zero-order valence-corrected chi connectivity index (χ0v) is 25.4. The van der Waals surface area contributed by atoms with E-state index in [0.29, 0.717) is 0 Å². The quantitative estimate of drug-likeness (QED) is 0.200. The number of halogens is 2. The van der Waals surface area contributed by atoms with Crippen molar-refractivity contribution in [1.82, 2.24) is 24.8 Å². The van der Waals surface area contributed by atoms with Gasteiger partial charge in [0.05, 0.1) is 23.5 Å². The summed E-state index contributed by atoms with van der Waals surface area (Å²) in [4.78, 5) is 21.8. The van der Waals surface area contributed by atoms with Gasteiger partial charge in [-0.25, -0.2) is 9.97 Å². The molecule has 0 N–H and O–H groups in total. The van der Waals surface area contributed by atoms with Gasteiger partial charge >= 0.3 is 0 Å². The van der Waals surface area contributed by atoms with Crippen LogP contribution in [-0.2, 0) is 13.0 Å². The van der Waals surface area contributed by atoms with Crippen LogP contribution in [0.2, 0.25) is 5.02 Å². The Hall–Kier alpha value is -3.29. The third kappa shape index (κ3) is 6.84. The van der Waals surface area contributed by atoms with Gasteiger partial charge in [-0.3, -0.25) is 14.8 Å². The van der Waals surface area contributed by atoms with E-state index in [4.69, 9.17) is 33.2 Å². The fourth-order valence-electron chi connectivity index (χ4n) is 5.85. The molecule has 2 aliphatic rings. The van der Waals surface area contributed by atoms with E-state index < -0.39 is 0 Å². The van der Waals surface area contributed by atoms with Crippen LogP contribution in [0, 0.1) is 0 Å². The van der Waals surface area contributed by atoms with Crippen molar-refractivity contribution in [2.45, 2.75) is 30.8 Å². The highest BCUT2D eigenvalue weighted by Crippen LogP contribution is 2.34. The van der Waals surface area contributed by atoms with Gasteiger partial charge in [-0.2, -0.15) is 0 Å². The lowest BCUT2D eigenvalue weighted by atomic mass is 9.92. The Morgan fingerprint density at radius 2 is 1.74 bits per heavy atom. The van der Waals surface area contributed by atoms with Crippen LogP contribution >= 0.6 is 23.2 Å². The van der Waals surface area contributed by atoms with Crippen LogP contribution in [-0.4, -0.2) is 69.9 Å². The first kappa shape index (κ1) is 28.8. The molecular weight excluding hydrogens is 563 g/mol. The second-order valence-corrected chi connectivity index (χ2v) is 12.1. The molecule has 0 bridgehead atoms. The Morgan fingerprint density at radius 3 is 2.48 bits per heavy atom. The van der Waals surface area contributed by atoms with Crippen LogP contribution in [0.5, 0.6) is 0 Å². The highest BCUT2D eigenvalue weighted by molar-refractivity contribution is 6.30. The van der Waals surface area contributed by atoms with E-state index >= 15 is 0 Å². The molecule has 0 radical (unpaired) electrons. The Balaban J connectivity index is 1.16. The summed E-state index contributed by atoms with van der Waals surface area (Å²) in [5.74, 6) is 1.84. The summed E-state index contributed by atoms with van der Waals surface area (Å²) in [7, 11) is 2.11. The molecule has 1 aliphatic carbocycles. The molecule has 1 fully saturated rings. The molecule has 2 unspecified atom stereocenters. The van der Waals surface area contributed by atoms with Crippen LogP contribution < -0.4 is 4.90 Å². The van der Waals surface area contributed by atoms with Gasteiger partial charge in [-0.05, 0) is 54.0 Å². The zero-order chi connectivity index (χ0) is 28.9. The molecule has 4 aromatic rings. The zero-order valence-electron chi connectivity index (χ0n) is 23.9. The SMILES string of the molecule is CN(CCc1ccccn1)c1nc(CN2CCN(C(C3=CCC(Cl)C=C3)c3ccc(Cl)cc3)CC2)nc2ccccc12. The van der Waals surface area contributed by atoms with Crippen molar-refractivity contribution in [3.63, 3.8) is 0 Å². The number of benzene rings is 2. The lowest BCUT2D eigenvalue weighted by Gasteiger charge is -2.40. The van der Waals surface area contributed by atoms with Crippen molar-refractivity contribution in [2.24, 2.45) is 0 Å². The minimum atomic E-state index is 0.0670. The van der Waals surface area contributed by atoms with Gasteiger partial charge in [0.2, 0.25) is 0 Å². The van der Waals surface area contributed by atoms with Gasteiger partial charge in [0.15, 0.2) is 0 Å². The summed E-state index contributed by atoms with van der Waals surface area (Å²) in [6.07, 6.45) is 10.2. The molecule has 1 saturated heterocycles. The Kier molecular flexibility index (Phi) is 9.15. The number of hydrogen-bond acceptors (Lipinski definition) is 6. The average molecular weight is 600 g/mol. The maximum Gasteiger partial charge on any atom is 0.145 e. The molecule has 42 heavy (non-hydrogen) atoms. The number of para-hydroxylation sites is 1. The van der Waals surface area contributed by atoms with Crippen LogP contribution in [0.1, 0.15) is 29.5 Å². The second kappa shape index (κ2) is 13.3. The van der Waals surface area contributed by atoms with Crippen molar-refractivity contribution in [1.29, 1.82) is 0 Å². The van der Waals surface area contributed by atoms with Crippen LogP contribution in [0.4, 0.5) is 5.82 Å². The van der Waals surface area contributed by atoms with Crippen LogP contribution in [0.25, 0.3) is 10.9 Å². The monoisotopic (exact) mass is 598 g/mol. The molecule has 0 spiro atoms. The molecule has 6 nitrogen and oxygen atoms in total. The van der Waals surface area contributed by atoms with E-state index in [-0.39, 0.29) is 11.4 Å². The second-order valence-electron chi connectivity index (χ2n) is 11.1. The highest BCUT2D eigenvalue weighted by Gasteiger charge is 2.28. The van der Waals surface area contributed by atoms with E-state index in [1.54, 1.807) is 0 Å². The number of nitrogens with zero attached hydrogens (tertiary/aromatic N) is 6. The van der Waals surface area contributed by atoms with Crippen LogP contribution in [0.3, 0.4) is 0 Å². The molecule has 8 heteroatoms. The number of pyridine rings is 1. The number of allylic oxidation sites excluding steroid dienone is 2. The van der Waals surface area contributed by atoms with Gasteiger partial charge in [-0.15, -0.1) is 11.6 Å². The normalized spacial score (nSPS) is 18.6. The van der Waals surface area contributed by atoms with Crippen molar-refractivity contribution < 1.29 is 0 Å². The molecule has 2 atom stereocenters. The first-order valence-corrected chi connectivity index (χ1v) is 15.5. The highest BCUT2D eigenvalue weighted by atomic mass is 35.5. The average Bonchev–Trinajstić information content (AvgIpc) is 3.03. The lowest BCUT2D eigenvalue weighted by Crippen LogP contribution is -2.47. The maximum absolute atomic E-state index is 6.36. The Labute approximate surface area is 258 Å². The minimum absolute atomic E-state index is 0.0670.